The largest absolute Gasteiger partial charge is 0.398 e. The number of benzene rings is 2. The number of rotatable bonds is 4. The molecular weight excluding hydrogens is 234 g/mol. The van der Waals surface area contributed by atoms with Crippen molar-refractivity contribution in [1.29, 1.82) is 5.26 Å². The van der Waals surface area contributed by atoms with Gasteiger partial charge in [-0.1, -0.05) is 24.3 Å². The van der Waals surface area contributed by atoms with Crippen molar-refractivity contribution >= 4 is 17.1 Å². The van der Waals surface area contributed by atoms with E-state index in [1.807, 2.05) is 55.5 Å². The van der Waals surface area contributed by atoms with Crippen molar-refractivity contribution < 1.29 is 0 Å². The van der Waals surface area contributed by atoms with Gasteiger partial charge in [0.1, 0.15) is 0 Å². The Morgan fingerprint density at radius 2 is 1.84 bits per heavy atom. The third-order valence-corrected chi connectivity index (χ3v) is 3.15. The van der Waals surface area contributed by atoms with E-state index >= 15 is 0 Å². The van der Waals surface area contributed by atoms with Gasteiger partial charge < -0.3 is 10.6 Å². The van der Waals surface area contributed by atoms with Crippen LogP contribution in [0.1, 0.15) is 12.0 Å². The van der Waals surface area contributed by atoms with Gasteiger partial charge in [0, 0.05) is 23.6 Å². The third kappa shape index (κ3) is 2.86. The lowest BCUT2D eigenvalue weighted by Crippen LogP contribution is -2.19. The zero-order chi connectivity index (χ0) is 13.7. The zero-order valence-corrected chi connectivity index (χ0v) is 11.0. The monoisotopic (exact) mass is 251 g/mol. The first kappa shape index (κ1) is 13.0. The van der Waals surface area contributed by atoms with E-state index in [2.05, 4.69) is 11.0 Å². The molecule has 3 heteroatoms. The smallest absolute Gasteiger partial charge is 0.0640 e. The fraction of sp³-hybridized carbons (Fsp3) is 0.188. The first-order valence-corrected chi connectivity index (χ1v) is 6.28. The summed E-state index contributed by atoms with van der Waals surface area (Å²) in [6.07, 6.45) is 0.475. The number of nitrogens with zero attached hydrogens (tertiary/aromatic N) is 2. The minimum atomic E-state index is 0.475. The van der Waals surface area contributed by atoms with Crippen molar-refractivity contribution in [3.63, 3.8) is 0 Å². The molecule has 2 N–H and O–H groups in total. The summed E-state index contributed by atoms with van der Waals surface area (Å²) in [5.41, 5.74) is 9.92. The molecule has 0 radical (unpaired) electrons. The number of nitrogens with two attached hydrogens (primary N) is 1. The topological polar surface area (TPSA) is 53.0 Å². The second-order valence-electron chi connectivity index (χ2n) is 4.39. The van der Waals surface area contributed by atoms with Gasteiger partial charge in [-0.2, -0.15) is 5.26 Å². The molecule has 0 aliphatic heterocycles. The summed E-state index contributed by atoms with van der Waals surface area (Å²) < 4.78 is 0. The first-order chi connectivity index (χ1) is 9.24. The number of nitriles is 1. The predicted molar refractivity (Wildman–Crippen MR) is 79.3 cm³/mol. The van der Waals surface area contributed by atoms with Crippen molar-refractivity contribution in [2.45, 2.75) is 13.3 Å². The van der Waals surface area contributed by atoms with Gasteiger partial charge in [0.25, 0.3) is 0 Å². The summed E-state index contributed by atoms with van der Waals surface area (Å²) in [4.78, 5) is 2.13. The Morgan fingerprint density at radius 1 is 1.11 bits per heavy atom. The van der Waals surface area contributed by atoms with Gasteiger partial charge in [0.05, 0.1) is 12.5 Å². The maximum absolute atomic E-state index is 8.83. The molecule has 2 aromatic carbocycles. The van der Waals surface area contributed by atoms with Gasteiger partial charge in [0.2, 0.25) is 0 Å². The van der Waals surface area contributed by atoms with Crippen LogP contribution in [0.3, 0.4) is 0 Å². The lowest BCUT2D eigenvalue weighted by atomic mass is 10.1. The minimum Gasteiger partial charge on any atom is -0.398 e. The molecule has 2 aromatic rings. The van der Waals surface area contributed by atoms with E-state index in [4.69, 9.17) is 11.0 Å². The average molecular weight is 251 g/mol. The third-order valence-electron chi connectivity index (χ3n) is 3.15. The molecule has 0 atom stereocenters. The Bertz CT molecular complexity index is 585. The van der Waals surface area contributed by atoms with Crippen LogP contribution in [0, 0.1) is 18.3 Å². The molecule has 0 bridgehead atoms. The summed E-state index contributed by atoms with van der Waals surface area (Å²) in [5.74, 6) is 0. The molecule has 0 aliphatic carbocycles. The van der Waals surface area contributed by atoms with Crippen LogP contribution in [-0.4, -0.2) is 6.54 Å². The van der Waals surface area contributed by atoms with Crippen LogP contribution in [0.4, 0.5) is 17.1 Å². The van der Waals surface area contributed by atoms with Crippen LogP contribution < -0.4 is 10.6 Å². The van der Waals surface area contributed by atoms with E-state index in [-0.39, 0.29) is 0 Å². The molecule has 0 saturated carbocycles. The molecular formula is C16H17N3. The molecule has 0 amide bonds. The second kappa shape index (κ2) is 5.92. The van der Waals surface area contributed by atoms with E-state index < -0.39 is 0 Å². The fourth-order valence-corrected chi connectivity index (χ4v) is 2.09. The standard InChI is InChI=1S/C16H17N3/c1-13-15(18)9-5-10-16(13)19(12-6-11-17)14-7-3-2-4-8-14/h2-5,7-10H,6,12,18H2,1H3. The zero-order valence-electron chi connectivity index (χ0n) is 11.0. The molecule has 0 aliphatic rings. The summed E-state index contributed by atoms with van der Waals surface area (Å²) in [6, 6.07) is 18.1. The van der Waals surface area contributed by atoms with Crippen LogP contribution in [0.5, 0.6) is 0 Å². The summed E-state index contributed by atoms with van der Waals surface area (Å²) in [5, 5.41) is 8.83. The van der Waals surface area contributed by atoms with Crippen LogP contribution in [0.15, 0.2) is 48.5 Å². The van der Waals surface area contributed by atoms with Gasteiger partial charge in [-0.3, -0.25) is 0 Å². The van der Waals surface area contributed by atoms with Gasteiger partial charge >= 0.3 is 0 Å². The van der Waals surface area contributed by atoms with Crippen molar-refractivity contribution in [1.82, 2.24) is 0 Å². The maximum atomic E-state index is 8.83. The normalized spacial score (nSPS) is 9.89. The summed E-state index contributed by atoms with van der Waals surface area (Å²) >= 11 is 0. The van der Waals surface area contributed by atoms with E-state index in [1.54, 1.807) is 0 Å². The Kier molecular flexibility index (Phi) is 4.04. The highest BCUT2D eigenvalue weighted by Crippen LogP contribution is 2.30. The molecule has 0 spiro atoms. The molecule has 19 heavy (non-hydrogen) atoms. The molecule has 0 fully saturated rings. The molecule has 0 saturated heterocycles. The van der Waals surface area contributed by atoms with E-state index in [9.17, 15) is 0 Å². The lowest BCUT2D eigenvalue weighted by Gasteiger charge is -2.26. The Hall–Kier alpha value is -2.47. The highest BCUT2D eigenvalue weighted by Gasteiger charge is 2.12. The summed E-state index contributed by atoms with van der Waals surface area (Å²) in [7, 11) is 0. The second-order valence-corrected chi connectivity index (χ2v) is 4.39. The minimum absolute atomic E-state index is 0.475. The van der Waals surface area contributed by atoms with Gasteiger partial charge in [-0.25, -0.2) is 0 Å². The van der Waals surface area contributed by atoms with Gasteiger partial charge in [-0.15, -0.1) is 0 Å². The van der Waals surface area contributed by atoms with Gasteiger partial charge in [-0.05, 0) is 36.8 Å². The number of anilines is 3. The van der Waals surface area contributed by atoms with E-state index in [1.165, 1.54) is 0 Å². The van der Waals surface area contributed by atoms with Crippen molar-refractivity contribution in [3.05, 3.63) is 54.1 Å². The number of nitrogen functional groups attached to an aromatic ring is 1. The number of hydrogen-bond acceptors (Lipinski definition) is 3. The van der Waals surface area contributed by atoms with Crippen molar-refractivity contribution in [3.8, 4) is 6.07 Å². The summed E-state index contributed by atoms with van der Waals surface area (Å²) in [6.45, 7) is 2.66. The Labute approximate surface area is 113 Å². The average Bonchev–Trinajstić information content (AvgIpc) is 2.45. The molecule has 0 aromatic heterocycles. The van der Waals surface area contributed by atoms with E-state index in [0.717, 1.165) is 22.6 Å². The van der Waals surface area contributed by atoms with Crippen LogP contribution in [0.25, 0.3) is 0 Å². The first-order valence-electron chi connectivity index (χ1n) is 6.28. The molecule has 0 unspecified atom stereocenters. The Balaban J connectivity index is 2.44. The SMILES string of the molecule is Cc1c(N)cccc1N(CCC#N)c1ccccc1. The molecule has 3 nitrogen and oxygen atoms in total. The lowest BCUT2D eigenvalue weighted by molar-refractivity contribution is 0.944. The predicted octanol–water partition coefficient (Wildman–Crippen LogP) is 3.63. The van der Waals surface area contributed by atoms with Crippen LogP contribution in [0.2, 0.25) is 0 Å². The van der Waals surface area contributed by atoms with E-state index in [0.29, 0.717) is 13.0 Å². The Morgan fingerprint density at radius 3 is 2.53 bits per heavy atom. The highest BCUT2D eigenvalue weighted by molar-refractivity contribution is 5.71. The molecule has 96 valence electrons. The molecule has 2 rings (SSSR count). The quantitative estimate of drug-likeness (QED) is 0.844. The maximum Gasteiger partial charge on any atom is 0.0640 e. The van der Waals surface area contributed by atoms with Crippen molar-refractivity contribution in [2.24, 2.45) is 0 Å². The molecule has 0 heterocycles. The highest BCUT2D eigenvalue weighted by atomic mass is 15.1. The number of hydrogen-bond donors (Lipinski definition) is 1. The van der Waals surface area contributed by atoms with Crippen molar-refractivity contribution in [2.75, 3.05) is 17.2 Å². The van der Waals surface area contributed by atoms with Crippen LogP contribution >= 0.6 is 0 Å². The fourth-order valence-electron chi connectivity index (χ4n) is 2.09. The number of para-hydroxylation sites is 1. The van der Waals surface area contributed by atoms with Crippen LogP contribution in [-0.2, 0) is 0 Å². The van der Waals surface area contributed by atoms with Gasteiger partial charge in [0.15, 0.2) is 0 Å².